The van der Waals surface area contributed by atoms with E-state index in [4.69, 9.17) is 11.1 Å². The summed E-state index contributed by atoms with van der Waals surface area (Å²) in [6.45, 7) is 1.82. The van der Waals surface area contributed by atoms with Crippen LogP contribution in [0.5, 0.6) is 0 Å². The SMILES string of the molecule is N=C(N)N1CCC(SS)CC1. The smallest absolute Gasteiger partial charge is 0.188 e. The number of nitrogens with one attached hydrogen (secondary N) is 1. The van der Waals surface area contributed by atoms with Crippen LogP contribution < -0.4 is 5.73 Å². The summed E-state index contributed by atoms with van der Waals surface area (Å²) in [6.07, 6.45) is 2.18. The minimum atomic E-state index is 0.201. The predicted molar refractivity (Wildman–Crippen MR) is 53.1 cm³/mol. The number of thiol groups is 1. The molecule has 0 aromatic carbocycles. The van der Waals surface area contributed by atoms with Gasteiger partial charge in [-0.05, 0) is 12.8 Å². The van der Waals surface area contributed by atoms with Gasteiger partial charge < -0.3 is 10.6 Å². The molecule has 5 heteroatoms. The molecule has 3 N–H and O–H groups in total. The van der Waals surface area contributed by atoms with Gasteiger partial charge in [-0.15, -0.1) is 11.7 Å². The molecule has 1 fully saturated rings. The van der Waals surface area contributed by atoms with E-state index in [2.05, 4.69) is 11.7 Å². The lowest BCUT2D eigenvalue weighted by Crippen LogP contribution is -2.42. The predicted octanol–water partition coefficient (Wildman–Crippen LogP) is 0.922. The lowest BCUT2D eigenvalue weighted by Gasteiger charge is -2.30. The summed E-state index contributed by atoms with van der Waals surface area (Å²) >= 11 is 4.16. The first-order valence-corrected chi connectivity index (χ1v) is 5.56. The van der Waals surface area contributed by atoms with E-state index in [0.29, 0.717) is 5.25 Å². The first-order chi connectivity index (χ1) is 5.24. The molecule has 1 aliphatic rings. The van der Waals surface area contributed by atoms with Gasteiger partial charge in [0.2, 0.25) is 0 Å². The Morgan fingerprint density at radius 3 is 2.45 bits per heavy atom. The van der Waals surface area contributed by atoms with Gasteiger partial charge in [-0.25, -0.2) is 0 Å². The highest BCUT2D eigenvalue weighted by molar-refractivity contribution is 8.68. The number of guanidine groups is 1. The van der Waals surface area contributed by atoms with Crippen LogP contribution >= 0.6 is 22.5 Å². The summed E-state index contributed by atoms with van der Waals surface area (Å²) in [5.41, 5.74) is 5.34. The molecule has 0 aromatic heterocycles. The largest absolute Gasteiger partial charge is 0.370 e. The molecule has 0 atom stereocenters. The van der Waals surface area contributed by atoms with E-state index in [-0.39, 0.29) is 5.96 Å². The number of hydrogen-bond acceptors (Lipinski definition) is 3. The maximum atomic E-state index is 7.19. The fraction of sp³-hybridized carbons (Fsp3) is 0.833. The van der Waals surface area contributed by atoms with Crippen molar-refractivity contribution in [1.82, 2.24) is 4.90 Å². The van der Waals surface area contributed by atoms with Crippen LogP contribution in [0.25, 0.3) is 0 Å². The zero-order chi connectivity index (χ0) is 8.27. The van der Waals surface area contributed by atoms with Crippen LogP contribution in [0.2, 0.25) is 0 Å². The molecule has 0 unspecified atom stereocenters. The van der Waals surface area contributed by atoms with Crippen LogP contribution in [0.1, 0.15) is 12.8 Å². The molecule has 1 saturated heterocycles. The normalized spacial score (nSPS) is 20.3. The van der Waals surface area contributed by atoms with Crippen molar-refractivity contribution in [3.8, 4) is 0 Å². The third-order valence-corrected chi connectivity index (χ3v) is 3.60. The number of likely N-dealkylation sites (tertiary alicyclic amines) is 1. The summed E-state index contributed by atoms with van der Waals surface area (Å²) in [5.74, 6) is 0.201. The molecular formula is C6H13N3S2. The van der Waals surface area contributed by atoms with E-state index in [1.807, 2.05) is 4.90 Å². The van der Waals surface area contributed by atoms with Crippen LogP contribution in [0.15, 0.2) is 0 Å². The van der Waals surface area contributed by atoms with Crippen LogP contribution in [-0.2, 0) is 0 Å². The molecule has 0 aromatic rings. The Morgan fingerprint density at radius 2 is 2.09 bits per heavy atom. The number of hydrogen-bond donors (Lipinski definition) is 3. The van der Waals surface area contributed by atoms with E-state index in [1.165, 1.54) is 0 Å². The van der Waals surface area contributed by atoms with E-state index < -0.39 is 0 Å². The topological polar surface area (TPSA) is 53.1 Å². The Balaban J connectivity index is 2.30. The number of piperidine rings is 1. The second kappa shape index (κ2) is 4.11. The van der Waals surface area contributed by atoms with Crippen molar-refractivity contribution >= 4 is 28.4 Å². The Hall–Kier alpha value is -0.0300. The second-order valence-corrected chi connectivity index (χ2v) is 4.19. The molecule has 0 bridgehead atoms. The lowest BCUT2D eigenvalue weighted by atomic mass is 10.1. The van der Waals surface area contributed by atoms with Crippen LogP contribution in [0, 0.1) is 5.41 Å². The molecule has 0 radical (unpaired) electrons. The summed E-state index contributed by atoms with van der Waals surface area (Å²) in [6, 6.07) is 0. The summed E-state index contributed by atoms with van der Waals surface area (Å²) < 4.78 is 0. The van der Waals surface area contributed by atoms with Crippen LogP contribution in [0.3, 0.4) is 0 Å². The Morgan fingerprint density at radius 1 is 1.55 bits per heavy atom. The van der Waals surface area contributed by atoms with E-state index in [0.717, 1.165) is 25.9 Å². The molecule has 1 aliphatic heterocycles. The fourth-order valence-electron chi connectivity index (χ4n) is 1.20. The van der Waals surface area contributed by atoms with Crippen molar-refractivity contribution in [1.29, 1.82) is 5.41 Å². The van der Waals surface area contributed by atoms with Gasteiger partial charge in [0.05, 0.1) is 0 Å². The molecule has 11 heavy (non-hydrogen) atoms. The van der Waals surface area contributed by atoms with Crippen molar-refractivity contribution in [3.05, 3.63) is 0 Å². The van der Waals surface area contributed by atoms with Gasteiger partial charge in [0.1, 0.15) is 0 Å². The molecule has 0 saturated carbocycles. The zero-order valence-corrected chi connectivity index (χ0v) is 8.00. The number of nitrogens with two attached hydrogens (primary N) is 1. The molecule has 64 valence electrons. The van der Waals surface area contributed by atoms with E-state index >= 15 is 0 Å². The van der Waals surface area contributed by atoms with Crippen molar-refractivity contribution < 1.29 is 0 Å². The van der Waals surface area contributed by atoms with Crippen molar-refractivity contribution in [2.45, 2.75) is 18.1 Å². The summed E-state index contributed by atoms with van der Waals surface area (Å²) in [5, 5.41) is 7.84. The fourth-order valence-corrected chi connectivity index (χ4v) is 2.26. The number of rotatable bonds is 1. The first kappa shape index (κ1) is 9.06. The van der Waals surface area contributed by atoms with Gasteiger partial charge in [-0.2, -0.15) is 0 Å². The second-order valence-electron chi connectivity index (χ2n) is 2.68. The number of nitrogens with zero attached hydrogens (tertiary/aromatic N) is 1. The maximum absolute atomic E-state index is 7.19. The monoisotopic (exact) mass is 191 g/mol. The highest BCUT2D eigenvalue weighted by Gasteiger charge is 2.18. The molecule has 0 spiro atoms. The third kappa shape index (κ3) is 2.48. The lowest BCUT2D eigenvalue weighted by molar-refractivity contribution is 0.344. The summed E-state index contributed by atoms with van der Waals surface area (Å²) in [7, 11) is 1.62. The van der Waals surface area contributed by atoms with E-state index in [1.54, 1.807) is 10.8 Å². The van der Waals surface area contributed by atoms with Crippen LogP contribution in [0.4, 0.5) is 0 Å². The standard InChI is InChI=1S/C6H13N3S2/c7-6(8)9-3-1-5(11-10)2-4-9/h5,10H,1-4H2,(H3,7,8). The highest BCUT2D eigenvalue weighted by Crippen LogP contribution is 2.25. The van der Waals surface area contributed by atoms with Gasteiger partial charge in [0, 0.05) is 18.3 Å². The third-order valence-electron chi connectivity index (χ3n) is 1.93. The summed E-state index contributed by atoms with van der Waals surface area (Å²) in [4.78, 5) is 1.90. The minimum Gasteiger partial charge on any atom is -0.370 e. The average Bonchev–Trinajstić information content (AvgIpc) is 2.05. The Labute approximate surface area is 76.0 Å². The average molecular weight is 191 g/mol. The minimum absolute atomic E-state index is 0.201. The quantitative estimate of drug-likeness (QED) is 0.250. The molecule has 0 amide bonds. The van der Waals surface area contributed by atoms with Gasteiger partial charge in [-0.3, -0.25) is 5.41 Å². The highest BCUT2D eigenvalue weighted by atomic mass is 33.1. The van der Waals surface area contributed by atoms with Gasteiger partial charge >= 0.3 is 0 Å². The molecule has 1 heterocycles. The van der Waals surface area contributed by atoms with Gasteiger partial charge in [-0.1, -0.05) is 10.8 Å². The Kier molecular flexibility index (Phi) is 3.39. The zero-order valence-electron chi connectivity index (χ0n) is 6.29. The van der Waals surface area contributed by atoms with Crippen molar-refractivity contribution in [2.24, 2.45) is 5.73 Å². The molecule has 1 rings (SSSR count). The molecule has 0 aliphatic carbocycles. The maximum Gasteiger partial charge on any atom is 0.188 e. The van der Waals surface area contributed by atoms with Crippen molar-refractivity contribution in [3.63, 3.8) is 0 Å². The van der Waals surface area contributed by atoms with Gasteiger partial charge in [0.25, 0.3) is 0 Å². The molecular weight excluding hydrogens is 178 g/mol. The van der Waals surface area contributed by atoms with Gasteiger partial charge in [0.15, 0.2) is 5.96 Å². The first-order valence-electron chi connectivity index (χ1n) is 3.63. The van der Waals surface area contributed by atoms with Crippen LogP contribution in [-0.4, -0.2) is 29.2 Å². The van der Waals surface area contributed by atoms with E-state index in [9.17, 15) is 0 Å². The van der Waals surface area contributed by atoms with Crippen molar-refractivity contribution in [2.75, 3.05) is 13.1 Å². The Bertz CT molecular complexity index is 143. The molecule has 3 nitrogen and oxygen atoms in total.